The molecule has 0 aromatic heterocycles. The average molecular weight is 230 g/mol. The van der Waals surface area contributed by atoms with Crippen molar-refractivity contribution >= 4 is 0 Å². The molecule has 17 heavy (non-hydrogen) atoms. The Hall–Kier alpha value is -0.860. The van der Waals surface area contributed by atoms with Crippen molar-refractivity contribution in [3.8, 4) is 0 Å². The van der Waals surface area contributed by atoms with Gasteiger partial charge >= 0.3 is 0 Å². The fourth-order valence-electron chi connectivity index (χ4n) is 3.11. The van der Waals surface area contributed by atoms with Crippen LogP contribution in [0.3, 0.4) is 0 Å². The van der Waals surface area contributed by atoms with Gasteiger partial charge in [-0.3, -0.25) is 0 Å². The van der Waals surface area contributed by atoms with Gasteiger partial charge in [-0.15, -0.1) is 0 Å². The van der Waals surface area contributed by atoms with Gasteiger partial charge in [-0.25, -0.2) is 0 Å². The minimum Gasteiger partial charge on any atom is -0.324 e. The van der Waals surface area contributed by atoms with Crippen LogP contribution in [-0.2, 0) is 0 Å². The maximum Gasteiger partial charge on any atom is 0.0341 e. The van der Waals surface area contributed by atoms with Crippen molar-refractivity contribution in [3.05, 3.63) is 35.4 Å². The molecule has 0 aliphatic heterocycles. The van der Waals surface area contributed by atoms with Crippen LogP contribution in [0.5, 0.6) is 0 Å². The van der Waals surface area contributed by atoms with Gasteiger partial charge in [0, 0.05) is 12.1 Å². The molecule has 2 unspecified atom stereocenters. The van der Waals surface area contributed by atoms with E-state index in [4.69, 9.17) is 5.73 Å². The molecule has 92 valence electrons. The van der Waals surface area contributed by atoms with Crippen LogP contribution in [0.25, 0.3) is 0 Å². The summed E-state index contributed by atoms with van der Waals surface area (Å²) in [5, 5.41) is 3.69. The summed E-state index contributed by atoms with van der Waals surface area (Å²) in [6, 6.07) is 9.33. The molecule has 2 atom stereocenters. The van der Waals surface area contributed by atoms with E-state index in [2.05, 4.69) is 29.6 Å². The molecule has 1 aromatic carbocycles. The van der Waals surface area contributed by atoms with Crippen LogP contribution in [-0.4, -0.2) is 6.54 Å². The fraction of sp³-hybridized carbons (Fsp3) is 0.600. The maximum absolute atomic E-state index is 6.17. The van der Waals surface area contributed by atoms with Crippen LogP contribution < -0.4 is 11.1 Å². The summed E-state index contributed by atoms with van der Waals surface area (Å²) in [4.78, 5) is 0. The molecule has 3 rings (SSSR count). The highest BCUT2D eigenvalue weighted by Gasteiger charge is 2.27. The lowest BCUT2D eigenvalue weighted by atomic mass is 9.83. The summed E-state index contributed by atoms with van der Waals surface area (Å²) in [5.74, 6) is 0.993. The van der Waals surface area contributed by atoms with Crippen LogP contribution in [0.2, 0.25) is 0 Å². The number of benzene rings is 1. The third kappa shape index (κ3) is 2.24. The van der Waals surface area contributed by atoms with Crippen LogP contribution >= 0.6 is 0 Å². The van der Waals surface area contributed by atoms with Gasteiger partial charge in [-0.2, -0.15) is 0 Å². The number of nitrogens with one attached hydrogen (secondary N) is 1. The molecule has 1 saturated carbocycles. The standard InChI is InChI=1S/C15H22N2/c16-14-10-15(13-7-2-1-6-12(13)14)17-9-8-11-4-3-5-11/h1-2,6-7,11,14-15,17H,3-5,8-10,16H2. The smallest absolute Gasteiger partial charge is 0.0341 e. The largest absolute Gasteiger partial charge is 0.324 e. The predicted molar refractivity (Wildman–Crippen MR) is 70.7 cm³/mol. The first kappa shape index (κ1) is 11.2. The topological polar surface area (TPSA) is 38.0 Å². The second-order valence-corrected chi connectivity index (χ2v) is 5.56. The van der Waals surface area contributed by atoms with E-state index in [0.717, 1.165) is 18.9 Å². The number of hydrogen-bond donors (Lipinski definition) is 2. The Labute approximate surface area is 104 Å². The summed E-state index contributed by atoms with van der Waals surface area (Å²) in [6.45, 7) is 1.15. The van der Waals surface area contributed by atoms with Crippen molar-refractivity contribution in [2.45, 2.75) is 44.2 Å². The average Bonchev–Trinajstić information content (AvgIpc) is 2.60. The highest BCUT2D eigenvalue weighted by molar-refractivity contribution is 5.37. The van der Waals surface area contributed by atoms with E-state index in [1.54, 1.807) is 0 Å². The quantitative estimate of drug-likeness (QED) is 0.834. The number of nitrogens with two attached hydrogens (primary N) is 1. The molecule has 1 aromatic rings. The van der Waals surface area contributed by atoms with Gasteiger partial charge in [0.05, 0.1) is 0 Å². The van der Waals surface area contributed by atoms with Gasteiger partial charge in [0.25, 0.3) is 0 Å². The number of rotatable bonds is 4. The molecule has 0 radical (unpaired) electrons. The van der Waals surface area contributed by atoms with Crippen molar-refractivity contribution in [1.82, 2.24) is 5.32 Å². The van der Waals surface area contributed by atoms with Gasteiger partial charge in [-0.05, 0) is 36.4 Å². The highest BCUT2D eigenvalue weighted by Crippen LogP contribution is 2.37. The lowest BCUT2D eigenvalue weighted by molar-refractivity contribution is 0.286. The monoisotopic (exact) mass is 230 g/mol. The first-order valence-electron chi connectivity index (χ1n) is 6.92. The minimum atomic E-state index is 0.229. The molecular weight excluding hydrogens is 208 g/mol. The maximum atomic E-state index is 6.17. The number of hydrogen-bond acceptors (Lipinski definition) is 2. The number of fused-ring (bicyclic) bond motifs is 1. The Bertz CT molecular complexity index is 384. The van der Waals surface area contributed by atoms with E-state index < -0.39 is 0 Å². The van der Waals surface area contributed by atoms with Crippen molar-refractivity contribution in [2.75, 3.05) is 6.54 Å². The molecule has 2 nitrogen and oxygen atoms in total. The molecule has 1 fully saturated rings. The molecular formula is C15H22N2. The highest BCUT2D eigenvalue weighted by atomic mass is 14.9. The van der Waals surface area contributed by atoms with Crippen LogP contribution in [0.1, 0.15) is 55.3 Å². The molecule has 0 heterocycles. The Kier molecular flexibility index (Phi) is 3.17. The normalized spacial score (nSPS) is 27.8. The van der Waals surface area contributed by atoms with Crippen molar-refractivity contribution in [1.29, 1.82) is 0 Å². The van der Waals surface area contributed by atoms with Crippen molar-refractivity contribution in [2.24, 2.45) is 11.7 Å². The summed E-state index contributed by atoms with van der Waals surface area (Å²) in [6.07, 6.45) is 6.74. The molecule has 0 bridgehead atoms. The molecule has 2 aliphatic carbocycles. The van der Waals surface area contributed by atoms with Crippen molar-refractivity contribution in [3.63, 3.8) is 0 Å². The molecule has 2 heteroatoms. The van der Waals surface area contributed by atoms with E-state index in [-0.39, 0.29) is 6.04 Å². The fourth-order valence-corrected chi connectivity index (χ4v) is 3.11. The first-order valence-corrected chi connectivity index (χ1v) is 6.92. The van der Waals surface area contributed by atoms with Gasteiger partial charge in [0.15, 0.2) is 0 Å². The molecule has 3 N–H and O–H groups in total. The van der Waals surface area contributed by atoms with Gasteiger partial charge in [0.1, 0.15) is 0 Å². The van der Waals surface area contributed by atoms with Gasteiger partial charge in [-0.1, -0.05) is 43.5 Å². The summed E-state index contributed by atoms with van der Waals surface area (Å²) >= 11 is 0. The molecule has 2 aliphatic rings. The van der Waals surface area contributed by atoms with E-state index in [1.807, 2.05) is 0 Å². The van der Waals surface area contributed by atoms with E-state index in [0.29, 0.717) is 6.04 Å². The second kappa shape index (κ2) is 4.79. The van der Waals surface area contributed by atoms with Gasteiger partial charge in [0.2, 0.25) is 0 Å². The Morgan fingerprint density at radius 1 is 1.18 bits per heavy atom. The van der Waals surface area contributed by atoms with E-state index in [9.17, 15) is 0 Å². The van der Waals surface area contributed by atoms with Crippen LogP contribution in [0.15, 0.2) is 24.3 Å². The second-order valence-electron chi connectivity index (χ2n) is 5.56. The summed E-state index contributed by atoms with van der Waals surface area (Å²) in [7, 11) is 0. The molecule has 0 amide bonds. The van der Waals surface area contributed by atoms with E-state index >= 15 is 0 Å². The zero-order valence-corrected chi connectivity index (χ0v) is 10.4. The Balaban J connectivity index is 1.57. The Morgan fingerprint density at radius 3 is 2.65 bits per heavy atom. The van der Waals surface area contributed by atoms with E-state index in [1.165, 1.54) is 36.8 Å². The van der Waals surface area contributed by atoms with Crippen LogP contribution in [0.4, 0.5) is 0 Å². The SMILES string of the molecule is NC1CC(NCCC2CCC2)c2ccccc21. The third-order valence-corrected chi connectivity index (χ3v) is 4.43. The third-order valence-electron chi connectivity index (χ3n) is 4.43. The molecule has 0 saturated heterocycles. The zero-order chi connectivity index (χ0) is 11.7. The Morgan fingerprint density at radius 2 is 1.94 bits per heavy atom. The zero-order valence-electron chi connectivity index (χ0n) is 10.4. The first-order chi connectivity index (χ1) is 8.34. The minimum absolute atomic E-state index is 0.229. The lowest BCUT2D eigenvalue weighted by Crippen LogP contribution is -2.24. The van der Waals surface area contributed by atoms with Crippen molar-refractivity contribution < 1.29 is 0 Å². The molecule has 0 spiro atoms. The summed E-state index contributed by atoms with van der Waals surface area (Å²) < 4.78 is 0. The predicted octanol–water partition coefficient (Wildman–Crippen LogP) is 2.91. The van der Waals surface area contributed by atoms with Gasteiger partial charge < -0.3 is 11.1 Å². The summed E-state index contributed by atoms with van der Waals surface area (Å²) in [5.41, 5.74) is 8.93. The van der Waals surface area contributed by atoms with Crippen LogP contribution in [0, 0.1) is 5.92 Å². The lowest BCUT2D eigenvalue weighted by Gasteiger charge is -2.26.